The van der Waals surface area contributed by atoms with Gasteiger partial charge in [0.15, 0.2) is 0 Å². The molecule has 0 fully saturated rings. The standard InChI is InChI=1S/C19H28N2O3S/c1-6-20(15-16(4)5)19(22)14-11-17-9-12-18(13-10-17)25(23,24)21(7-2)8-3/h9-14H,4,6-8,15H2,1-3,5H3/b14-11+. The zero-order valence-corrected chi connectivity index (χ0v) is 16.3. The molecule has 0 atom stereocenters. The highest BCUT2D eigenvalue weighted by Crippen LogP contribution is 2.16. The minimum absolute atomic E-state index is 0.0923. The van der Waals surface area contributed by atoms with Crippen LogP contribution in [0.25, 0.3) is 6.08 Å². The molecule has 0 unspecified atom stereocenters. The van der Waals surface area contributed by atoms with Gasteiger partial charge in [-0.1, -0.05) is 38.1 Å². The van der Waals surface area contributed by atoms with Crippen molar-refractivity contribution in [1.82, 2.24) is 9.21 Å². The van der Waals surface area contributed by atoms with Gasteiger partial charge < -0.3 is 4.90 Å². The van der Waals surface area contributed by atoms with Crippen LogP contribution in [0.15, 0.2) is 47.4 Å². The van der Waals surface area contributed by atoms with E-state index in [0.717, 1.165) is 11.1 Å². The first-order valence-electron chi connectivity index (χ1n) is 8.47. The first kappa shape index (κ1) is 21.1. The minimum Gasteiger partial charge on any atom is -0.335 e. The van der Waals surface area contributed by atoms with E-state index in [1.54, 1.807) is 35.2 Å². The van der Waals surface area contributed by atoms with E-state index in [9.17, 15) is 13.2 Å². The molecule has 0 spiro atoms. The first-order chi connectivity index (χ1) is 11.8. The Hall–Kier alpha value is -1.92. The van der Waals surface area contributed by atoms with Crippen LogP contribution in [-0.2, 0) is 14.8 Å². The van der Waals surface area contributed by atoms with E-state index >= 15 is 0 Å². The fourth-order valence-corrected chi connectivity index (χ4v) is 3.87. The molecule has 138 valence electrons. The Labute approximate surface area is 151 Å². The molecule has 0 saturated heterocycles. The van der Waals surface area contributed by atoms with Crippen LogP contribution in [0.1, 0.15) is 33.3 Å². The fourth-order valence-electron chi connectivity index (χ4n) is 2.41. The second-order valence-electron chi connectivity index (χ2n) is 5.80. The lowest BCUT2D eigenvalue weighted by Crippen LogP contribution is -2.30. The van der Waals surface area contributed by atoms with Crippen LogP contribution in [0.3, 0.4) is 0 Å². The molecule has 1 amide bonds. The Morgan fingerprint density at radius 1 is 1.08 bits per heavy atom. The highest BCUT2D eigenvalue weighted by molar-refractivity contribution is 7.89. The summed E-state index contributed by atoms with van der Waals surface area (Å²) in [7, 11) is -3.46. The highest BCUT2D eigenvalue weighted by Gasteiger charge is 2.20. The SMILES string of the molecule is C=C(C)CN(CC)C(=O)/C=C/c1ccc(S(=O)(=O)N(CC)CC)cc1. The number of likely N-dealkylation sites (N-methyl/N-ethyl adjacent to an activating group) is 1. The third kappa shape index (κ3) is 5.83. The average Bonchev–Trinajstić information content (AvgIpc) is 2.58. The summed E-state index contributed by atoms with van der Waals surface area (Å²) in [6.07, 6.45) is 3.19. The predicted octanol–water partition coefficient (Wildman–Crippen LogP) is 3.15. The van der Waals surface area contributed by atoms with E-state index in [4.69, 9.17) is 0 Å². The molecule has 0 saturated carbocycles. The largest absolute Gasteiger partial charge is 0.335 e. The van der Waals surface area contributed by atoms with Crippen LogP contribution < -0.4 is 0 Å². The topological polar surface area (TPSA) is 57.7 Å². The van der Waals surface area contributed by atoms with E-state index in [0.29, 0.717) is 26.2 Å². The van der Waals surface area contributed by atoms with Gasteiger partial charge in [0.25, 0.3) is 0 Å². The number of hydrogen-bond donors (Lipinski definition) is 0. The maximum Gasteiger partial charge on any atom is 0.246 e. The van der Waals surface area contributed by atoms with Crippen molar-refractivity contribution in [2.45, 2.75) is 32.6 Å². The number of carbonyl (C=O) groups is 1. The summed E-state index contributed by atoms with van der Waals surface area (Å²) in [5.41, 5.74) is 1.70. The third-order valence-electron chi connectivity index (χ3n) is 3.80. The highest BCUT2D eigenvalue weighted by atomic mass is 32.2. The van der Waals surface area contributed by atoms with Crippen molar-refractivity contribution in [3.8, 4) is 0 Å². The number of hydrogen-bond acceptors (Lipinski definition) is 3. The molecule has 0 heterocycles. The van der Waals surface area contributed by atoms with E-state index in [1.807, 2.05) is 27.7 Å². The van der Waals surface area contributed by atoms with Gasteiger partial charge in [0, 0.05) is 32.3 Å². The quantitative estimate of drug-likeness (QED) is 0.500. The zero-order valence-electron chi connectivity index (χ0n) is 15.5. The molecular weight excluding hydrogens is 336 g/mol. The van der Waals surface area contributed by atoms with Crippen LogP contribution in [0.4, 0.5) is 0 Å². The lowest BCUT2D eigenvalue weighted by Gasteiger charge is -2.19. The van der Waals surface area contributed by atoms with Gasteiger partial charge in [0.2, 0.25) is 15.9 Å². The summed E-state index contributed by atoms with van der Waals surface area (Å²) in [5.74, 6) is -0.0923. The Balaban J connectivity index is 2.90. The van der Waals surface area contributed by atoms with Gasteiger partial charge in [-0.3, -0.25) is 4.79 Å². The zero-order chi connectivity index (χ0) is 19.0. The molecular formula is C19H28N2O3S. The van der Waals surface area contributed by atoms with Gasteiger partial charge in [-0.15, -0.1) is 0 Å². The third-order valence-corrected chi connectivity index (χ3v) is 5.86. The fraction of sp³-hybridized carbons (Fsp3) is 0.421. The molecule has 25 heavy (non-hydrogen) atoms. The van der Waals surface area contributed by atoms with E-state index in [2.05, 4.69) is 6.58 Å². The van der Waals surface area contributed by atoms with Gasteiger partial charge in [0.05, 0.1) is 4.90 Å². The van der Waals surface area contributed by atoms with Crippen LogP contribution in [-0.4, -0.2) is 49.7 Å². The number of sulfonamides is 1. The van der Waals surface area contributed by atoms with E-state index in [1.165, 1.54) is 10.4 Å². The Kier molecular flexibility index (Phi) is 8.06. The molecule has 1 aromatic carbocycles. The number of nitrogens with zero attached hydrogens (tertiary/aromatic N) is 2. The lowest BCUT2D eigenvalue weighted by atomic mass is 10.2. The molecule has 0 aliphatic rings. The van der Waals surface area contributed by atoms with Crippen molar-refractivity contribution >= 4 is 22.0 Å². The first-order valence-corrected chi connectivity index (χ1v) is 9.91. The van der Waals surface area contributed by atoms with Crippen LogP contribution in [0.2, 0.25) is 0 Å². The van der Waals surface area contributed by atoms with E-state index in [-0.39, 0.29) is 10.8 Å². The Morgan fingerprint density at radius 3 is 2.08 bits per heavy atom. The van der Waals surface area contributed by atoms with Gasteiger partial charge in [-0.05, 0) is 37.6 Å². The van der Waals surface area contributed by atoms with Crippen molar-refractivity contribution in [1.29, 1.82) is 0 Å². The summed E-state index contributed by atoms with van der Waals surface area (Å²) < 4.78 is 26.3. The van der Waals surface area contributed by atoms with Crippen LogP contribution in [0, 0.1) is 0 Å². The van der Waals surface area contributed by atoms with Gasteiger partial charge in [-0.2, -0.15) is 4.31 Å². The molecule has 0 bridgehead atoms. The second-order valence-corrected chi connectivity index (χ2v) is 7.74. The van der Waals surface area contributed by atoms with Crippen molar-refractivity contribution in [2.24, 2.45) is 0 Å². The van der Waals surface area contributed by atoms with Crippen LogP contribution in [0.5, 0.6) is 0 Å². The van der Waals surface area contributed by atoms with Crippen LogP contribution >= 0.6 is 0 Å². The molecule has 0 aliphatic heterocycles. The summed E-state index contributed by atoms with van der Waals surface area (Å²) in [6.45, 7) is 13.3. The molecule has 1 rings (SSSR count). The van der Waals surface area contributed by atoms with Crippen molar-refractivity contribution in [3.05, 3.63) is 48.1 Å². The second kappa shape index (κ2) is 9.53. The summed E-state index contributed by atoms with van der Waals surface area (Å²) >= 11 is 0. The monoisotopic (exact) mass is 364 g/mol. The Bertz CT molecular complexity index is 718. The summed E-state index contributed by atoms with van der Waals surface area (Å²) in [6, 6.07) is 6.55. The Morgan fingerprint density at radius 2 is 1.64 bits per heavy atom. The van der Waals surface area contributed by atoms with E-state index < -0.39 is 10.0 Å². The minimum atomic E-state index is -3.46. The predicted molar refractivity (Wildman–Crippen MR) is 103 cm³/mol. The average molecular weight is 365 g/mol. The summed E-state index contributed by atoms with van der Waals surface area (Å²) in [4.78, 5) is 14.1. The van der Waals surface area contributed by atoms with Gasteiger partial charge in [-0.25, -0.2) is 8.42 Å². The van der Waals surface area contributed by atoms with Gasteiger partial charge in [0.1, 0.15) is 0 Å². The smallest absolute Gasteiger partial charge is 0.246 e. The molecule has 5 nitrogen and oxygen atoms in total. The maximum atomic E-state index is 12.4. The molecule has 1 aromatic rings. The maximum absolute atomic E-state index is 12.4. The molecule has 0 radical (unpaired) electrons. The van der Waals surface area contributed by atoms with Crippen molar-refractivity contribution in [3.63, 3.8) is 0 Å². The molecule has 6 heteroatoms. The number of carbonyl (C=O) groups excluding carboxylic acids is 1. The number of amides is 1. The number of benzene rings is 1. The normalized spacial score (nSPS) is 11.9. The lowest BCUT2D eigenvalue weighted by molar-refractivity contribution is -0.125. The molecule has 0 aliphatic carbocycles. The van der Waals surface area contributed by atoms with Crippen molar-refractivity contribution < 1.29 is 13.2 Å². The summed E-state index contributed by atoms with van der Waals surface area (Å²) in [5, 5.41) is 0. The number of rotatable bonds is 9. The molecule has 0 aromatic heterocycles. The van der Waals surface area contributed by atoms with Gasteiger partial charge >= 0.3 is 0 Å². The van der Waals surface area contributed by atoms with Crippen molar-refractivity contribution in [2.75, 3.05) is 26.2 Å². The molecule has 0 N–H and O–H groups in total.